The minimum atomic E-state index is 0.644. The van der Waals surface area contributed by atoms with Crippen LogP contribution in [0.25, 0.3) is 87.4 Å². The molecule has 0 amide bonds. The van der Waals surface area contributed by atoms with Crippen LogP contribution in [0.15, 0.2) is 164 Å². The summed E-state index contributed by atoms with van der Waals surface area (Å²) < 4.78 is 2.55. The zero-order valence-corrected chi connectivity index (χ0v) is 26.2. The van der Waals surface area contributed by atoms with Gasteiger partial charge in [-0.1, -0.05) is 146 Å². The lowest BCUT2D eigenvalue weighted by Crippen LogP contribution is -2.01. The molecule has 0 N–H and O–H groups in total. The van der Waals surface area contributed by atoms with Gasteiger partial charge in [-0.3, -0.25) is 0 Å². The van der Waals surface area contributed by atoms with Gasteiger partial charge in [0.15, 0.2) is 17.5 Å². The quantitative estimate of drug-likeness (QED) is 0.193. The molecule has 0 saturated heterocycles. The van der Waals surface area contributed by atoms with E-state index in [-0.39, 0.29) is 0 Å². The van der Waals surface area contributed by atoms with Crippen LogP contribution >= 0.6 is 11.3 Å². The van der Waals surface area contributed by atoms with Crippen LogP contribution in [0.5, 0.6) is 0 Å². The van der Waals surface area contributed by atoms with Crippen molar-refractivity contribution >= 4 is 42.3 Å². The molecule has 0 aliphatic carbocycles. The molecule has 0 bridgehead atoms. The third kappa shape index (κ3) is 4.87. The molecule has 7 aromatic carbocycles. The summed E-state index contributed by atoms with van der Waals surface area (Å²) in [6.45, 7) is 0. The van der Waals surface area contributed by atoms with E-state index in [9.17, 15) is 0 Å². The first kappa shape index (κ1) is 27.3. The first-order chi connectivity index (χ1) is 23.3. The Kier molecular flexibility index (Phi) is 6.65. The normalized spacial score (nSPS) is 11.4. The summed E-state index contributed by atoms with van der Waals surface area (Å²) in [5.74, 6) is 1.94. The smallest absolute Gasteiger partial charge is 0.164 e. The average molecular weight is 618 g/mol. The van der Waals surface area contributed by atoms with Crippen molar-refractivity contribution in [2.75, 3.05) is 0 Å². The first-order valence-electron chi connectivity index (χ1n) is 15.7. The molecule has 0 unspecified atom stereocenters. The van der Waals surface area contributed by atoms with Crippen LogP contribution in [-0.4, -0.2) is 15.0 Å². The number of thiophene rings is 1. The van der Waals surface area contributed by atoms with E-state index in [0.29, 0.717) is 17.5 Å². The minimum Gasteiger partial charge on any atom is -0.208 e. The van der Waals surface area contributed by atoms with Gasteiger partial charge in [-0.25, -0.2) is 15.0 Å². The average Bonchev–Trinajstić information content (AvgIpc) is 3.52. The van der Waals surface area contributed by atoms with E-state index < -0.39 is 0 Å². The van der Waals surface area contributed by atoms with Crippen molar-refractivity contribution in [3.8, 4) is 56.4 Å². The Morgan fingerprint density at radius 2 is 0.936 bits per heavy atom. The number of fused-ring (bicyclic) bond motifs is 4. The lowest BCUT2D eigenvalue weighted by atomic mass is 9.90. The lowest BCUT2D eigenvalue weighted by molar-refractivity contribution is 1.07. The van der Waals surface area contributed by atoms with Crippen molar-refractivity contribution in [2.45, 2.75) is 0 Å². The van der Waals surface area contributed by atoms with Gasteiger partial charge >= 0.3 is 0 Å². The number of benzene rings is 7. The Labute approximate surface area is 276 Å². The number of nitrogens with zero attached hydrogens (tertiary/aromatic N) is 3. The largest absolute Gasteiger partial charge is 0.208 e. The van der Waals surface area contributed by atoms with Crippen molar-refractivity contribution in [1.29, 1.82) is 0 Å². The molecular formula is C43H27N3S. The molecule has 4 heteroatoms. The van der Waals surface area contributed by atoms with Crippen LogP contribution in [0.1, 0.15) is 0 Å². The molecule has 220 valence electrons. The predicted molar refractivity (Wildman–Crippen MR) is 197 cm³/mol. The van der Waals surface area contributed by atoms with E-state index in [2.05, 4.69) is 140 Å². The van der Waals surface area contributed by atoms with Gasteiger partial charge in [-0.05, 0) is 51.2 Å². The number of hydrogen-bond donors (Lipinski definition) is 0. The van der Waals surface area contributed by atoms with Crippen molar-refractivity contribution < 1.29 is 0 Å². The minimum absolute atomic E-state index is 0.644. The Morgan fingerprint density at radius 1 is 0.362 bits per heavy atom. The molecule has 3 nitrogen and oxygen atoms in total. The van der Waals surface area contributed by atoms with E-state index >= 15 is 0 Å². The standard InChI is InChI=1S/C43H27N3S/c1-3-14-28(15-4-1)30-19-13-20-32(26-30)42-44-41(29-16-5-2-6-17-29)45-43(46-42)35-23-10-9-22-34(35)39-33-21-8-7-18-31(33)27-38-40(39)36-24-11-12-25-37(36)47-38/h1-27H. The molecule has 47 heavy (non-hydrogen) atoms. The number of aromatic nitrogens is 3. The molecule has 2 heterocycles. The molecule has 0 atom stereocenters. The van der Waals surface area contributed by atoms with Crippen LogP contribution < -0.4 is 0 Å². The molecule has 0 saturated carbocycles. The van der Waals surface area contributed by atoms with E-state index in [1.54, 1.807) is 0 Å². The zero-order chi connectivity index (χ0) is 31.2. The predicted octanol–water partition coefficient (Wildman–Crippen LogP) is 11.7. The fourth-order valence-electron chi connectivity index (χ4n) is 6.54. The third-order valence-corrected chi connectivity index (χ3v) is 9.84. The molecule has 0 spiro atoms. The van der Waals surface area contributed by atoms with Crippen molar-refractivity contribution in [2.24, 2.45) is 0 Å². The molecule has 9 rings (SSSR count). The molecule has 0 aliphatic heterocycles. The zero-order valence-electron chi connectivity index (χ0n) is 25.3. The molecular weight excluding hydrogens is 591 g/mol. The maximum Gasteiger partial charge on any atom is 0.164 e. The first-order valence-corrected chi connectivity index (χ1v) is 16.5. The van der Waals surface area contributed by atoms with Gasteiger partial charge in [0.25, 0.3) is 0 Å². The van der Waals surface area contributed by atoms with Gasteiger partial charge in [0.2, 0.25) is 0 Å². The van der Waals surface area contributed by atoms with E-state index in [4.69, 9.17) is 15.0 Å². The summed E-state index contributed by atoms with van der Waals surface area (Å²) in [5.41, 5.74) is 7.45. The Hall–Kier alpha value is -5.97. The van der Waals surface area contributed by atoms with E-state index in [1.165, 1.54) is 36.5 Å². The molecule has 0 aliphatic rings. The highest BCUT2D eigenvalue weighted by Crippen LogP contribution is 2.46. The van der Waals surface area contributed by atoms with Gasteiger partial charge in [0, 0.05) is 36.9 Å². The van der Waals surface area contributed by atoms with Crippen LogP contribution in [0.3, 0.4) is 0 Å². The van der Waals surface area contributed by atoms with Crippen LogP contribution in [0, 0.1) is 0 Å². The third-order valence-electron chi connectivity index (χ3n) is 8.72. The van der Waals surface area contributed by atoms with Crippen molar-refractivity contribution in [1.82, 2.24) is 15.0 Å². The van der Waals surface area contributed by atoms with Gasteiger partial charge < -0.3 is 0 Å². The van der Waals surface area contributed by atoms with Crippen LogP contribution in [0.4, 0.5) is 0 Å². The highest BCUT2D eigenvalue weighted by atomic mass is 32.1. The summed E-state index contributed by atoms with van der Waals surface area (Å²) in [4.78, 5) is 15.4. The Bertz CT molecular complexity index is 2570. The SMILES string of the molecule is c1ccc(-c2cccc(-c3nc(-c4ccccc4)nc(-c4ccccc4-c4c5ccccc5cc5sc6ccccc6c45)n3)c2)cc1. The van der Waals surface area contributed by atoms with Crippen molar-refractivity contribution in [3.05, 3.63) is 164 Å². The van der Waals surface area contributed by atoms with E-state index in [0.717, 1.165) is 33.4 Å². The summed E-state index contributed by atoms with van der Waals surface area (Å²) in [6.07, 6.45) is 0. The molecule has 0 fully saturated rings. The summed E-state index contributed by atoms with van der Waals surface area (Å²) in [6, 6.07) is 57.3. The van der Waals surface area contributed by atoms with Gasteiger partial charge in [0.05, 0.1) is 0 Å². The van der Waals surface area contributed by atoms with Gasteiger partial charge in [-0.15, -0.1) is 11.3 Å². The second kappa shape index (κ2) is 11.4. The summed E-state index contributed by atoms with van der Waals surface area (Å²) >= 11 is 1.84. The molecule has 9 aromatic rings. The second-order valence-electron chi connectivity index (χ2n) is 11.6. The highest BCUT2D eigenvalue weighted by molar-refractivity contribution is 7.26. The lowest BCUT2D eigenvalue weighted by Gasteiger charge is -2.15. The fraction of sp³-hybridized carbons (Fsp3) is 0. The number of rotatable bonds is 5. The topological polar surface area (TPSA) is 38.7 Å². The van der Waals surface area contributed by atoms with Gasteiger partial charge in [0.1, 0.15) is 0 Å². The van der Waals surface area contributed by atoms with Crippen molar-refractivity contribution in [3.63, 3.8) is 0 Å². The maximum atomic E-state index is 5.21. The van der Waals surface area contributed by atoms with Gasteiger partial charge in [-0.2, -0.15) is 0 Å². The Balaban J connectivity index is 1.32. The van der Waals surface area contributed by atoms with Crippen LogP contribution in [-0.2, 0) is 0 Å². The summed E-state index contributed by atoms with van der Waals surface area (Å²) in [5, 5.41) is 4.96. The monoisotopic (exact) mass is 617 g/mol. The Morgan fingerprint density at radius 3 is 1.74 bits per heavy atom. The van der Waals surface area contributed by atoms with E-state index in [1.807, 2.05) is 35.6 Å². The second-order valence-corrected chi connectivity index (χ2v) is 12.7. The van der Waals surface area contributed by atoms with Crippen LogP contribution in [0.2, 0.25) is 0 Å². The fourth-order valence-corrected chi connectivity index (χ4v) is 7.70. The maximum absolute atomic E-state index is 5.21. The number of hydrogen-bond acceptors (Lipinski definition) is 4. The summed E-state index contributed by atoms with van der Waals surface area (Å²) in [7, 11) is 0. The molecule has 2 aromatic heterocycles. The molecule has 0 radical (unpaired) electrons. The highest BCUT2D eigenvalue weighted by Gasteiger charge is 2.20.